The lowest BCUT2D eigenvalue weighted by molar-refractivity contribution is -0.880. The lowest BCUT2D eigenvalue weighted by Crippen LogP contribution is -2.41. The van der Waals surface area contributed by atoms with Gasteiger partial charge in [-0.3, -0.25) is 14.5 Å². The Bertz CT molecular complexity index is 2210. The fourth-order valence-corrected chi connectivity index (χ4v) is 5.61. The number of pyridine rings is 1. The SMILES string of the molecule is C[N+](C)(C/C=C/C(=O)Cc1cc2c(Nc3ccc4c(cnn4Cc4cccc(F)c4)c3)ncnc2cn1)CC1=C([N+](=O)[O-])N=C(C#N)C1. The Morgan fingerprint density at radius 2 is 2.02 bits per heavy atom. The van der Waals surface area contributed by atoms with E-state index in [0.717, 1.165) is 22.2 Å². The van der Waals surface area contributed by atoms with Crippen LogP contribution < -0.4 is 5.32 Å². The van der Waals surface area contributed by atoms with Crippen LogP contribution in [0.2, 0.25) is 0 Å². The molecule has 0 radical (unpaired) electrons. The van der Waals surface area contributed by atoms with Crippen molar-refractivity contribution in [3.63, 3.8) is 0 Å². The summed E-state index contributed by atoms with van der Waals surface area (Å²) in [6.45, 7) is 1.19. The third kappa shape index (κ3) is 7.27. The van der Waals surface area contributed by atoms with E-state index in [9.17, 15) is 19.3 Å². The van der Waals surface area contributed by atoms with Gasteiger partial charge in [-0.05, 0) is 64.0 Å². The maximum Gasteiger partial charge on any atom is 0.369 e. The molecule has 0 bridgehead atoms. The molecule has 1 aliphatic rings. The molecule has 14 heteroatoms. The zero-order valence-corrected chi connectivity index (χ0v) is 26.2. The lowest BCUT2D eigenvalue weighted by Gasteiger charge is -2.28. The van der Waals surface area contributed by atoms with Crippen LogP contribution in [0.25, 0.3) is 21.8 Å². The first-order valence-corrected chi connectivity index (χ1v) is 15.0. The van der Waals surface area contributed by atoms with Crippen LogP contribution in [0.1, 0.15) is 17.7 Å². The number of nitro groups is 1. The van der Waals surface area contributed by atoms with Crippen molar-refractivity contribution in [2.75, 3.05) is 32.5 Å². The van der Waals surface area contributed by atoms with Crippen molar-refractivity contribution in [1.82, 2.24) is 24.7 Å². The molecule has 48 heavy (non-hydrogen) atoms. The van der Waals surface area contributed by atoms with Crippen LogP contribution in [0.15, 0.2) is 95.8 Å². The van der Waals surface area contributed by atoms with Crippen molar-refractivity contribution in [1.29, 1.82) is 5.26 Å². The molecule has 1 aliphatic heterocycles. The van der Waals surface area contributed by atoms with Gasteiger partial charge in [0.2, 0.25) is 5.71 Å². The monoisotopic (exact) mass is 645 g/mol. The number of ketones is 1. The summed E-state index contributed by atoms with van der Waals surface area (Å²) < 4.78 is 15.8. The molecule has 0 fully saturated rings. The molecular formula is C34H30FN10O3+. The second kappa shape index (κ2) is 13.3. The summed E-state index contributed by atoms with van der Waals surface area (Å²) in [5, 5.41) is 29.9. The summed E-state index contributed by atoms with van der Waals surface area (Å²) in [6.07, 6.45) is 8.25. The number of hydrogen-bond acceptors (Lipinski definition) is 10. The average molecular weight is 646 g/mol. The van der Waals surface area contributed by atoms with Crippen LogP contribution >= 0.6 is 0 Å². The third-order valence-corrected chi connectivity index (χ3v) is 7.82. The molecule has 0 unspecified atom stereocenters. The maximum atomic E-state index is 13.7. The van der Waals surface area contributed by atoms with Gasteiger partial charge in [-0.25, -0.2) is 14.4 Å². The number of carbonyl (C=O) groups is 1. The molecule has 240 valence electrons. The molecule has 0 amide bonds. The number of allylic oxidation sites excluding steroid dienone is 1. The second-order valence-electron chi connectivity index (χ2n) is 12.1. The number of quaternary nitrogens is 1. The number of anilines is 2. The number of nitrogens with one attached hydrogen (secondary N) is 1. The molecule has 3 aromatic heterocycles. The van der Waals surface area contributed by atoms with Gasteiger partial charge in [-0.1, -0.05) is 12.1 Å². The van der Waals surface area contributed by atoms with E-state index in [4.69, 9.17) is 5.26 Å². The highest BCUT2D eigenvalue weighted by Gasteiger charge is 2.33. The summed E-state index contributed by atoms with van der Waals surface area (Å²) in [7, 11) is 3.78. The Hall–Kier alpha value is -6.20. The first-order chi connectivity index (χ1) is 23.1. The maximum absolute atomic E-state index is 13.7. The number of rotatable bonds is 12. The quantitative estimate of drug-likeness (QED) is 0.0859. The van der Waals surface area contributed by atoms with Gasteiger partial charge in [0, 0.05) is 22.2 Å². The van der Waals surface area contributed by atoms with Gasteiger partial charge in [-0.2, -0.15) is 10.4 Å². The van der Waals surface area contributed by atoms with Crippen molar-refractivity contribution in [3.8, 4) is 6.07 Å². The Morgan fingerprint density at radius 3 is 2.81 bits per heavy atom. The first-order valence-electron chi connectivity index (χ1n) is 15.0. The number of likely N-dealkylation sites (N-methyl/N-ethyl adjacent to an activating group) is 1. The van der Waals surface area contributed by atoms with Crippen LogP contribution in [0.4, 0.5) is 15.9 Å². The molecule has 0 saturated carbocycles. The minimum Gasteiger partial charge on any atom is -0.358 e. The van der Waals surface area contributed by atoms with Gasteiger partial charge < -0.3 is 19.9 Å². The van der Waals surface area contributed by atoms with Crippen LogP contribution in [0.5, 0.6) is 0 Å². The van der Waals surface area contributed by atoms with E-state index in [1.54, 1.807) is 30.6 Å². The summed E-state index contributed by atoms with van der Waals surface area (Å²) in [5.41, 5.74) is 4.27. The van der Waals surface area contributed by atoms with E-state index in [0.29, 0.717) is 52.1 Å². The fourth-order valence-electron chi connectivity index (χ4n) is 5.61. The van der Waals surface area contributed by atoms with E-state index in [-0.39, 0.29) is 36.0 Å². The summed E-state index contributed by atoms with van der Waals surface area (Å²) in [4.78, 5) is 40.7. The van der Waals surface area contributed by atoms with Gasteiger partial charge in [-0.15, -0.1) is 0 Å². The van der Waals surface area contributed by atoms with E-state index >= 15 is 0 Å². The number of carbonyl (C=O) groups excluding carboxylic acids is 1. The van der Waals surface area contributed by atoms with Crippen molar-refractivity contribution in [2.45, 2.75) is 19.4 Å². The molecule has 13 nitrogen and oxygen atoms in total. The molecule has 1 N–H and O–H groups in total. The number of hydrogen-bond donors (Lipinski definition) is 1. The first kappa shape index (κ1) is 31.8. The molecule has 0 atom stereocenters. The highest BCUT2D eigenvalue weighted by atomic mass is 19.1. The largest absolute Gasteiger partial charge is 0.369 e. The molecule has 5 aromatic rings. The Kier molecular flexibility index (Phi) is 8.78. The lowest BCUT2D eigenvalue weighted by atomic mass is 10.1. The summed E-state index contributed by atoms with van der Waals surface area (Å²) >= 11 is 0. The Balaban J connectivity index is 1.12. The minimum absolute atomic E-state index is 0.0562. The normalized spacial score (nSPS) is 13.3. The van der Waals surface area contributed by atoms with Crippen LogP contribution in [-0.2, 0) is 17.8 Å². The highest BCUT2D eigenvalue weighted by molar-refractivity contribution is 6.02. The predicted molar refractivity (Wildman–Crippen MR) is 177 cm³/mol. The minimum atomic E-state index is -0.562. The number of aliphatic imine (C=N–C) groups is 1. The van der Waals surface area contributed by atoms with Crippen LogP contribution in [-0.4, -0.2) is 72.8 Å². The van der Waals surface area contributed by atoms with Crippen LogP contribution in [0.3, 0.4) is 0 Å². The van der Waals surface area contributed by atoms with Crippen molar-refractivity contribution in [2.24, 2.45) is 4.99 Å². The molecule has 0 saturated heterocycles. The Morgan fingerprint density at radius 1 is 1.17 bits per heavy atom. The molecule has 0 aliphatic carbocycles. The zero-order chi connectivity index (χ0) is 33.8. The third-order valence-electron chi connectivity index (χ3n) is 7.82. The molecule has 4 heterocycles. The molecular weight excluding hydrogens is 615 g/mol. The van der Waals surface area contributed by atoms with Crippen molar-refractivity contribution >= 4 is 44.8 Å². The van der Waals surface area contributed by atoms with Crippen LogP contribution in [0, 0.1) is 27.3 Å². The standard InChI is InChI=1S/C34H30FN10O3/c1-45(2,20-24-13-28(16-36)42-34(24)44(47)48)10-4-7-29(46)14-27-15-30-31(18-37-27)38-21-39-33(30)41-26-8-9-32-23(12-26)17-40-43(32)19-22-5-3-6-25(35)11-22/h3-9,11-12,15,17-18,21H,10,13-14,19-20H2,1-2H3,(H,38,39,41)/q+1/b7-4+. The molecule has 0 spiro atoms. The van der Waals surface area contributed by atoms with E-state index < -0.39 is 4.92 Å². The van der Waals surface area contributed by atoms with Crippen molar-refractivity contribution < 1.29 is 18.6 Å². The topological polar surface area (TPSA) is 165 Å². The number of benzene rings is 2. The summed E-state index contributed by atoms with van der Waals surface area (Å²) in [5.74, 6) is -0.165. The van der Waals surface area contributed by atoms with Crippen molar-refractivity contribution in [3.05, 3.63) is 118 Å². The van der Waals surface area contributed by atoms with Gasteiger partial charge in [0.05, 0.1) is 69.0 Å². The smallest absolute Gasteiger partial charge is 0.358 e. The molecule has 6 rings (SSSR count). The Labute approximate surface area is 274 Å². The average Bonchev–Trinajstić information content (AvgIpc) is 3.64. The molecule has 2 aromatic carbocycles. The van der Waals surface area contributed by atoms with E-state index in [1.807, 2.05) is 49.1 Å². The van der Waals surface area contributed by atoms with E-state index in [2.05, 4.69) is 30.4 Å². The summed E-state index contributed by atoms with van der Waals surface area (Å²) in [6, 6.07) is 15.9. The predicted octanol–water partition coefficient (Wildman–Crippen LogP) is 4.91. The van der Waals surface area contributed by atoms with Gasteiger partial charge in [0.25, 0.3) is 0 Å². The fraction of sp³-hybridized carbons (Fsp3) is 0.206. The van der Waals surface area contributed by atoms with E-state index in [1.165, 1.54) is 24.5 Å². The number of halogens is 1. The zero-order valence-electron chi connectivity index (χ0n) is 26.2. The van der Waals surface area contributed by atoms with Gasteiger partial charge in [0.1, 0.15) is 30.6 Å². The number of nitrogens with zero attached hydrogens (tertiary/aromatic N) is 9. The highest BCUT2D eigenvalue weighted by Crippen LogP contribution is 2.27. The number of nitriles is 1. The second-order valence-corrected chi connectivity index (χ2v) is 12.1. The van der Waals surface area contributed by atoms with Gasteiger partial charge in [0.15, 0.2) is 5.78 Å². The number of aromatic nitrogens is 5. The number of fused-ring (bicyclic) bond motifs is 2. The van der Waals surface area contributed by atoms with Gasteiger partial charge >= 0.3 is 5.82 Å².